The highest BCUT2D eigenvalue weighted by Crippen LogP contribution is 2.22. The Morgan fingerprint density at radius 3 is 2.12 bits per heavy atom. The molecule has 0 unspecified atom stereocenters. The fourth-order valence-corrected chi connectivity index (χ4v) is 2.65. The first-order valence-corrected chi connectivity index (χ1v) is 8.65. The first kappa shape index (κ1) is 18.7. The van der Waals surface area contributed by atoms with Crippen LogP contribution in [0, 0.1) is 6.92 Å². The highest BCUT2D eigenvalue weighted by atomic mass is 16.5. The molecule has 0 spiro atoms. The van der Waals surface area contributed by atoms with Crippen LogP contribution in [0.3, 0.4) is 0 Å². The minimum atomic E-state index is -0.404. The lowest BCUT2D eigenvalue weighted by atomic mass is 10.0. The number of carbonyl (C=O) groups is 2. The third-order valence-electron chi connectivity index (χ3n) is 4.10. The maximum absolute atomic E-state index is 12.2. The summed E-state index contributed by atoms with van der Waals surface area (Å²) in [6, 6.07) is 13.7. The lowest BCUT2D eigenvalue weighted by Crippen LogP contribution is -2.23. The van der Waals surface area contributed by atoms with Gasteiger partial charge < -0.3 is 10.1 Å². The molecule has 0 aliphatic heterocycles. The second-order valence-electron chi connectivity index (χ2n) is 6.03. The Labute approximate surface area is 149 Å². The molecule has 2 aromatic carbocycles. The largest absolute Gasteiger partial charge is 0.455 e. The van der Waals surface area contributed by atoms with Crippen molar-refractivity contribution in [1.29, 1.82) is 0 Å². The summed E-state index contributed by atoms with van der Waals surface area (Å²) in [4.78, 5) is 24.1. The predicted molar refractivity (Wildman–Crippen MR) is 99.7 cm³/mol. The highest BCUT2D eigenvalue weighted by molar-refractivity contribution is 5.94. The summed E-state index contributed by atoms with van der Waals surface area (Å²) < 4.78 is 5.11. The van der Waals surface area contributed by atoms with Gasteiger partial charge in [-0.05, 0) is 36.5 Å². The molecule has 2 rings (SSSR count). The summed E-state index contributed by atoms with van der Waals surface area (Å²) in [6.45, 7) is 5.81. The van der Waals surface area contributed by atoms with Gasteiger partial charge in [0, 0.05) is 5.69 Å². The number of esters is 1. The third kappa shape index (κ3) is 5.45. The number of anilines is 1. The molecule has 4 heteroatoms. The Bertz CT molecular complexity index is 713. The summed E-state index contributed by atoms with van der Waals surface area (Å²) in [6.07, 6.45) is 1.83. The maximum Gasteiger partial charge on any atom is 0.310 e. The first-order valence-electron chi connectivity index (χ1n) is 8.65. The van der Waals surface area contributed by atoms with Gasteiger partial charge in [-0.3, -0.25) is 9.59 Å². The standard InChI is InChI=1S/C21H25NO3/c1-4-17-7-6-8-18(5-2)21(17)22-19(23)14-25-20(24)13-16-11-9-15(3)10-12-16/h6-12H,4-5,13-14H2,1-3H3,(H,22,23). The van der Waals surface area contributed by atoms with Crippen LogP contribution in [-0.4, -0.2) is 18.5 Å². The molecule has 0 saturated carbocycles. The smallest absolute Gasteiger partial charge is 0.310 e. The van der Waals surface area contributed by atoms with Gasteiger partial charge in [-0.1, -0.05) is 61.9 Å². The van der Waals surface area contributed by atoms with Crippen LogP contribution in [0.15, 0.2) is 42.5 Å². The number of amides is 1. The summed E-state index contributed by atoms with van der Waals surface area (Å²) >= 11 is 0. The SMILES string of the molecule is CCc1cccc(CC)c1NC(=O)COC(=O)Cc1ccc(C)cc1. The molecule has 0 saturated heterocycles. The number of hydrogen-bond acceptors (Lipinski definition) is 3. The average molecular weight is 339 g/mol. The molecule has 0 heterocycles. The van der Waals surface area contributed by atoms with Gasteiger partial charge in [-0.25, -0.2) is 0 Å². The summed E-state index contributed by atoms with van der Waals surface area (Å²) in [5.41, 5.74) is 5.02. The zero-order valence-electron chi connectivity index (χ0n) is 15.1. The van der Waals surface area contributed by atoms with E-state index >= 15 is 0 Å². The van der Waals surface area contributed by atoms with Crippen LogP contribution in [0.1, 0.15) is 36.1 Å². The van der Waals surface area contributed by atoms with Crippen LogP contribution in [0.5, 0.6) is 0 Å². The molecule has 25 heavy (non-hydrogen) atoms. The molecule has 4 nitrogen and oxygen atoms in total. The zero-order valence-corrected chi connectivity index (χ0v) is 15.1. The zero-order chi connectivity index (χ0) is 18.2. The van der Waals surface area contributed by atoms with Crippen LogP contribution >= 0.6 is 0 Å². The number of hydrogen-bond donors (Lipinski definition) is 1. The van der Waals surface area contributed by atoms with Gasteiger partial charge in [-0.2, -0.15) is 0 Å². The van der Waals surface area contributed by atoms with E-state index in [1.807, 2.05) is 63.2 Å². The van der Waals surface area contributed by atoms with Gasteiger partial charge in [0.15, 0.2) is 6.61 Å². The van der Waals surface area contributed by atoms with Gasteiger partial charge in [0.1, 0.15) is 0 Å². The van der Waals surface area contributed by atoms with E-state index in [1.54, 1.807) is 0 Å². The molecule has 0 fully saturated rings. The highest BCUT2D eigenvalue weighted by Gasteiger charge is 2.12. The monoisotopic (exact) mass is 339 g/mol. The maximum atomic E-state index is 12.2. The van der Waals surface area contributed by atoms with Gasteiger partial charge in [0.25, 0.3) is 5.91 Å². The summed E-state index contributed by atoms with van der Waals surface area (Å²) in [7, 11) is 0. The van der Waals surface area contributed by atoms with Crippen molar-refractivity contribution in [3.8, 4) is 0 Å². The third-order valence-corrected chi connectivity index (χ3v) is 4.10. The fourth-order valence-electron chi connectivity index (χ4n) is 2.65. The van der Waals surface area contributed by atoms with Crippen molar-refractivity contribution in [2.45, 2.75) is 40.0 Å². The van der Waals surface area contributed by atoms with Crippen molar-refractivity contribution in [2.75, 3.05) is 11.9 Å². The number of carbonyl (C=O) groups excluding carboxylic acids is 2. The average Bonchev–Trinajstić information content (AvgIpc) is 2.62. The molecule has 1 amide bonds. The van der Waals surface area contributed by atoms with E-state index in [9.17, 15) is 9.59 Å². The van der Waals surface area contributed by atoms with Crippen LogP contribution < -0.4 is 5.32 Å². The Hall–Kier alpha value is -2.62. The van der Waals surface area contributed by atoms with Crippen molar-refractivity contribution in [3.63, 3.8) is 0 Å². The normalized spacial score (nSPS) is 10.4. The first-order chi connectivity index (χ1) is 12.0. The van der Waals surface area contributed by atoms with E-state index in [2.05, 4.69) is 5.32 Å². The molecule has 0 radical (unpaired) electrons. The van der Waals surface area contributed by atoms with Gasteiger partial charge in [0.2, 0.25) is 0 Å². The van der Waals surface area contributed by atoms with E-state index in [0.717, 1.165) is 40.8 Å². The summed E-state index contributed by atoms with van der Waals surface area (Å²) in [5.74, 6) is -0.716. The van der Waals surface area contributed by atoms with Gasteiger partial charge in [-0.15, -0.1) is 0 Å². The lowest BCUT2D eigenvalue weighted by molar-refractivity contribution is -0.146. The molecule has 2 aromatic rings. The molecule has 132 valence electrons. The lowest BCUT2D eigenvalue weighted by Gasteiger charge is -2.14. The quantitative estimate of drug-likeness (QED) is 0.780. The van der Waals surface area contributed by atoms with Crippen molar-refractivity contribution in [1.82, 2.24) is 0 Å². The number of rotatable bonds is 7. The predicted octanol–water partition coefficient (Wildman–Crippen LogP) is 3.84. The molecule has 0 aliphatic rings. The number of ether oxygens (including phenoxy) is 1. The van der Waals surface area contributed by atoms with E-state index < -0.39 is 5.97 Å². The van der Waals surface area contributed by atoms with Crippen molar-refractivity contribution >= 4 is 17.6 Å². The molecule has 0 bridgehead atoms. The Kier molecular flexibility index (Phi) is 6.75. The van der Waals surface area contributed by atoms with Crippen LogP contribution in [0.2, 0.25) is 0 Å². The topological polar surface area (TPSA) is 55.4 Å². The van der Waals surface area contributed by atoms with Crippen LogP contribution in [-0.2, 0) is 33.6 Å². The molecule has 0 atom stereocenters. The summed E-state index contributed by atoms with van der Waals surface area (Å²) in [5, 5.41) is 2.89. The van der Waals surface area contributed by atoms with Crippen molar-refractivity contribution in [3.05, 3.63) is 64.7 Å². The van der Waals surface area contributed by atoms with E-state index in [0.29, 0.717) is 0 Å². The Morgan fingerprint density at radius 1 is 0.960 bits per heavy atom. The second kappa shape index (κ2) is 9.02. The molecular weight excluding hydrogens is 314 g/mol. The molecule has 0 aromatic heterocycles. The number of nitrogens with one attached hydrogen (secondary N) is 1. The molecule has 0 aliphatic carbocycles. The molecular formula is C21H25NO3. The van der Waals surface area contributed by atoms with Gasteiger partial charge in [0.05, 0.1) is 6.42 Å². The van der Waals surface area contributed by atoms with E-state index in [-0.39, 0.29) is 18.9 Å². The number of aryl methyl sites for hydroxylation is 3. The van der Waals surface area contributed by atoms with E-state index in [1.165, 1.54) is 0 Å². The van der Waals surface area contributed by atoms with Crippen LogP contribution in [0.4, 0.5) is 5.69 Å². The van der Waals surface area contributed by atoms with Crippen molar-refractivity contribution < 1.29 is 14.3 Å². The van der Waals surface area contributed by atoms with Crippen molar-refractivity contribution in [2.24, 2.45) is 0 Å². The van der Waals surface area contributed by atoms with Crippen LogP contribution in [0.25, 0.3) is 0 Å². The van der Waals surface area contributed by atoms with Gasteiger partial charge >= 0.3 is 5.97 Å². The number of para-hydroxylation sites is 1. The van der Waals surface area contributed by atoms with E-state index in [4.69, 9.17) is 4.74 Å². The second-order valence-corrected chi connectivity index (χ2v) is 6.03. The Balaban J connectivity index is 1.90. The molecule has 1 N–H and O–H groups in total. The fraction of sp³-hybridized carbons (Fsp3) is 0.333. The number of benzene rings is 2. The minimum absolute atomic E-state index is 0.166. The minimum Gasteiger partial charge on any atom is -0.455 e. The Morgan fingerprint density at radius 2 is 1.56 bits per heavy atom.